The molecule has 0 aliphatic rings. The molecule has 1 N–H and O–H groups in total. The van der Waals surface area contributed by atoms with Gasteiger partial charge < -0.3 is 9.64 Å². The Balaban J connectivity index is 1.80. The molecular weight excluding hydrogens is 286 g/mol. The van der Waals surface area contributed by atoms with Crippen LogP contribution in [-0.4, -0.2) is 32.8 Å². The van der Waals surface area contributed by atoms with E-state index in [4.69, 9.17) is 4.74 Å². The second-order valence-corrected chi connectivity index (χ2v) is 5.31. The Labute approximate surface area is 127 Å². The Morgan fingerprint density at radius 1 is 1.43 bits per heavy atom. The third-order valence-corrected chi connectivity index (χ3v) is 3.35. The van der Waals surface area contributed by atoms with E-state index < -0.39 is 0 Å². The molecule has 1 aromatic heterocycles. The molecule has 2 rings (SSSR count). The van der Waals surface area contributed by atoms with Gasteiger partial charge in [-0.25, -0.2) is 5.43 Å². The van der Waals surface area contributed by atoms with Crippen LogP contribution >= 0.6 is 11.3 Å². The Hall–Kier alpha value is -2.34. The maximum atomic E-state index is 11.6. The molecule has 1 aromatic carbocycles. The van der Waals surface area contributed by atoms with Crippen molar-refractivity contribution in [3.8, 4) is 5.75 Å². The van der Waals surface area contributed by atoms with Gasteiger partial charge in [-0.3, -0.25) is 4.79 Å². The standard InChI is InChI=1S/C15H17N3O2S/c1-18(2)13-4-3-5-14(8-13)20-10-15(19)17-16-9-12-6-7-21-11-12/h3-9,11H,10H2,1-2H3,(H,17,19)/b16-9+. The van der Waals surface area contributed by atoms with E-state index in [-0.39, 0.29) is 12.5 Å². The second kappa shape index (κ2) is 7.44. The van der Waals surface area contributed by atoms with Gasteiger partial charge in [0.25, 0.3) is 5.91 Å². The Morgan fingerprint density at radius 2 is 2.29 bits per heavy atom. The molecular formula is C15H17N3O2S. The molecule has 110 valence electrons. The number of carbonyl (C=O) groups is 1. The van der Waals surface area contributed by atoms with Crippen LogP contribution in [0, 0.1) is 0 Å². The lowest BCUT2D eigenvalue weighted by molar-refractivity contribution is -0.123. The molecule has 0 aliphatic carbocycles. The number of thiophene rings is 1. The molecule has 5 nitrogen and oxygen atoms in total. The van der Waals surface area contributed by atoms with Gasteiger partial charge in [0, 0.05) is 31.4 Å². The molecule has 1 amide bonds. The Kier molecular flexibility index (Phi) is 5.34. The number of ether oxygens (including phenoxy) is 1. The normalized spacial score (nSPS) is 10.6. The zero-order chi connectivity index (χ0) is 15.1. The summed E-state index contributed by atoms with van der Waals surface area (Å²) in [6.07, 6.45) is 1.60. The summed E-state index contributed by atoms with van der Waals surface area (Å²) in [7, 11) is 3.90. The lowest BCUT2D eigenvalue weighted by Gasteiger charge is -2.13. The third kappa shape index (κ3) is 4.92. The number of nitrogens with zero attached hydrogens (tertiary/aromatic N) is 2. The molecule has 0 bridgehead atoms. The molecule has 0 saturated carbocycles. The van der Waals surface area contributed by atoms with Crippen LogP contribution in [-0.2, 0) is 4.79 Å². The number of anilines is 1. The summed E-state index contributed by atoms with van der Waals surface area (Å²) >= 11 is 1.58. The highest BCUT2D eigenvalue weighted by molar-refractivity contribution is 7.08. The molecule has 6 heteroatoms. The quantitative estimate of drug-likeness (QED) is 0.658. The average Bonchev–Trinajstić information content (AvgIpc) is 2.99. The van der Waals surface area contributed by atoms with Crippen LogP contribution in [0.5, 0.6) is 5.75 Å². The summed E-state index contributed by atoms with van der Waals surface area (Å²) in [6, 6.07) is 9.47. The summed E-state index contributed by atoms with van der Waals surface area (Å²) in [5.41, 5.74) is 4.40. The van der Waals surface area contributed by atoms with Gasteiger partial charge in [0.2, 0.25) is 0 Å². The highest BCUT2D eigenvalue weighted by Gasteiger charge is 2.03. The number of hydrazone groups is 1. The van der Waals surface area contributed by atoms with Gasteiger partial charge in [-0.2, -0.15) is 16.4 Å². The van der Waals surface area contributed by atoms with E-state index in [0.29, 0.717) is 5.75 Å². The van der Waals surface area contributed by atoms with Crippen molar-refractivity contribution >= 4 is 29.1 Å². The lowest BCUT2D eigenvalue weighted by atomic mass is 10.3. The summed E-state index contributed by atoms with van der Waals surface area (Å²) in [4.78, 5) is 13.6. The minimum Gasteiger partial charge on any atom is -0.484 e. The summed E-state index contributed by atoms with van der Waals surface area (Å²) in [5.74, 6) is 0.356. The molecule has 0 saturated heterocycles. The topological polar surface area (TPSA) is 53.9 Å². The molecule has 0 fully saturated rings. The number of hydrogen-bond donors (Lipinski definition) is 1. The number of carbonyl (C=O) groups excluding carboxylic acids is 1. The van der Waals surface area contributed by atoms with Crippen molar-refractivity contribution in [3.63, 3.8) is 0 Å². The van der Waals surface area contributed by atoms with E-state index >= 15 is 0 Å². The first kappa shape index (κ1) is 15.1. The van der Waals surface area contributed by atoms with Crippen LogP contribution in [0.4, 0.5) is 5.69 Å². The predicted octanol–water partition coefficient (Wildman–Crippen LogP) is 2.34. The van der Waals surface area contributed by atoms with Gasteiger partial charge >= 0.3 is 0 Å². The fraction of sp³-hybridized carbons (Fsp3) is 0.200. The SMILES string of the molecule is CN(C)c1cccc(OCC(=O)N/N=C/c2ccsc2)c1. The second-order valence-electron chi connectivity index (χ2n) is 4.53. The minimum atomic E-state index is -0.295. The first-order valence-electron chi connectivity index (χ1n) is 6.39. The van der Waals surface area contributed by atoms with E-state index in [1.165, 1.54) is 0 Å². The first-order valence-corrected chi connectivity index (χ1v) is 7.34. The van der Waals surface area contributed by atoms with Crippen molar-refractivity contribution in [2.24, 2.45) is 5.10 Å². The molecule has 0 unspecified atom stereocenters. The van der Waals surface area contributed by atoms with Crippen LogP contribution < -0.4 is 15.1 Å². The van der Waals surface area contributed by atoms with E-state index in [2.05, 4.69) is 10.5 Å². The third-order valence-electron chi connectivity index (χ3n) is 2.65. The highest BCUT2D eigenvalue weighted by atomic mass is 32.1. The zero-order valence-electron chi connectivity index (χ0n) is 11.9. The highest BCUT2D eigenvalue weighted by Crippen LogP contribution is 2.19. The molecule has 0 aliphatic heterocycles. The Bertz CT molecular complexity index is 609. The Morgan fingerprint density at radius 3 is 3.00 bits per heavy atom. The minimum absolute atomic E-state index is 0.0716. The van der Waals surface area contributed by atoms with Gasteiger partial charge in [-0.15, -0.1) is 0 Å². The van der Waals surface area contributed by atoms with E-state index in [1.54, 1.807) is 17.6 Å². The van der Waals surface area contributed by atoms with Crippen molar-refractivity contribution in [3.05, 3.63) is 46.7 Å². The van der Waals surface area contributed by atoms with E-state index in [1.807, 2.05) is 60.1 Å². The summed E-state index contributed by atoms with van der Waals surface area (Å²) < 4.78 is 5.44. The number of rotatable bonds is 6. The van der Waals surface area contributed by atoms with Crippen LogP contribution in [0.2, 0.25) is 0 Å². The number of hydrogen-bond acceptors (Lipinski definition) is 5. The first-order chi connectivity index (χ1) is 10.1. The summed E-state index contributed by atoms with van der Waals surface area (Å²) in [6.45, 7) is -0.0716. The van der Waals surface area contributed by atoms with Crippen LogP contribution in [0.25, 0.3) is 0 Å². The number of nitrogens with one attached hydrogen (secondary N) is 1. The van der Waals surface area contributed by atoms with Gasteiger partial charge in [0.15, 0.2) is 6.61 Å². The number of benzene rings is 1. The molecule has 0 atom stereocenters. The van der Waals surface area contributed by atoms with E-state index in [0.717, 1.165) is 11.3 Å². The van der Waals surface area contributed by atoms with Gasteiger partial charge in [0.1, 0.15) is 5.75 Å². The molecule has 2 aromatic rings. The molecule has 21 heavy (non-hydrogen) atoms. The van der Waals surface area contributed by atoms with Crippen molar-refractivity contribution in [1.82, 2.24) is 5.43 Å². The van der Waals surface area contributed by atoms with Crippen molar-refractivity contribution < 1.29 is 9.53 Å². The molecule has 0 radical (unpaired) electrons. The lowest BCUT2D eigenvalue weighted by Crippen LogP contribution is -2.24. The summed E-state index contributed by atoms with van der Waals surface area (Å²) in [5, 5.41) is 7.76. The smallest absolute Gasteiger partial charge is 0.277 e. The maximum absolute atomic E-state index is 11.6. The van der Waals surface area contributed by atoms with Crippen molar-refractivity contribution in [2.45, 2.75) is 0 Å². The number of amides is 1. The van der Waals surface area contributed by atoms with Crippen LogP contribution in [0.3, 0.4) is 0 Å². The zero-order valence-corrected chi connectivity index (χ0v) is 12.8. The van der Waals surface area contributed by atoms with Crippen LogP contribution in [0.15, 0.2) is 46.2 Å². The average molecular weight is 303 g/mol. The van der Waals surface area contributed by atoms with Gasteiger partial charge in [-0.05, 0) is 29.0 Å². The van der Waals surface area contributed by atoms with Crippen molar-refractivity contribution in [2.75, 3.05) is 25.6 Å². The fourth-order valence-corrected chi connectivity index (χ4v) is 2.17. The van der Waals surface area contributed by atoms with Gasteiger partial charge in [-0.1, -0.05) is 6.07 Å². The largest absolute Gasteiger partial charge is 0.484 e. The van der Waals surface area contributed by atoms with E-state index in [9.17, 15) is 4.79 Å². The van der Waals surface area contributed by atoms with Crippen molar-refractivity contribution in [1.29, 1.82) is 0 Å². The molecule has 1 heterocycles. The predicted molar refractivity (Wildman–Crippen MR) is 86.3 cm³/mol. The maximum Gasteiger partial charge on any atom is 0.277 e. The van der Waals surface area contributed by atoms with Crippen LogP contribution in [0.1, 0.15) is 5.56 Å². The molecule has 0 spiro atoms. The fourth-order valence-electron chi connectivity index (χ4n) is 1.56. The van der Waals surface area contributed by atoms with Gasteiger partial charge in [0.05, 0.1) is 6.21 Å². The monoisotopic (exact) mass is 303 g/mol.